The molecule has 1 saturated heterocycles. The summed E-state index contributed by atoms with van der Waals surface area (Å²) in [6.07, 6.45) is 1.21. The molecule has 1 aromatic heterocycles. The fraction of sp³-hybridized carbons (Fsp3) is 0.526. The zero-order chi connectivity index (χ0) is 18.7. The highest BCUT2D eigenvalue weighted by Gasteiger charge is 2.30. The van der Waals surface area contributed by atoms with Gasteiger partial charge in [-0.2, -0.15) is 5.10 Å². The van der Waals surface area contributed by atoms with Gasteiger partial charge < -0.3 is 10.1 Å². The smallest absolute Gasteiger partial charge is 0.240 e. The van der Waals surface area contributed by atoms with Gasteiger partial charge in [0.1, 0.15) is 6.54 Å². The molecule has 2 N–H and O–H groups in total. The van der Waals surface area contributed by atoms with Gasteiger partial charge in [0.05, 0.1) is 6.10 Å². The van der Waals surface area contributed by atoms with E-state index in [-0.39, 0.29) is 18.6 Å². The Balaban J connectivity index is 1.65. The van der Waals surface area contributed by atoms with Crippen LogP contribution in [0.4, 0.5) is 0 Å². The summed E-state index contributed by atoms with van der Waals surface area (Å²) in [5.41, 5.74) is 2.10. The van der Waals surface area contributed by atoms with Gasteiger partial charge in [-0.25, -0.2) is 0 Å². The third-order valence-electron chi connectivity index (χ3n) is 4.85. The Kier molecular flexibility index (Phi) is 5.88. The number of nitrogens with zero attached hydrogens (tertiary/aromatic N) is 2. The normalized spacial score (nSPS) is 19.8. The molecule has 1 fully saturated rings. The number of carbonyl (C=O) groups excluding carboxylic acids is 1. The topological polar surface area (TPSA) is 71.9 Å². The van der Waals surface area contributed by atoms with E-state index in [1.54, 1.807) is 4.57 Å². The number of amides is 1. The van der Waals surface area contributed by atoms with Crippen LogP contribution in [0.3, 0.4) is 0 Å². The van der Waals surface area contributed by atoms with E-state index < -0.39 is 0 Å². The molecule has 1 aliphatic heterocycles. The maximum Gasteiger partial charge on any atom is 0.240 e. The second-order valence-corrected chi connectivity index (χ2v) is 7.62. The molecule has 0 aliphatic carbocycles. The standard InChI is InChI=1S/C19H26N4O2S/c1-12(2)17-15(8-9-25-17)10-20-16(24)11-23-18(21-22-19(23)26)14-6-4-13(3)5-7-14/h4-7,12,15,17H,8-11H2,1-3H3,(H,20,24)(H,22,26)/t15-,17+/m1/s1. The molecule has 6 nitrogen and oxygen atoms in total. The predicted molar refractivity (Wildman–Crippen MR) is 103 cm³/mol. The summed E-state index contributed by atoms with van der Waals surface area (Å²) in [4.78, 5) is 12.5. The number of hydrogen-bond donors (Lipinski definition) is 2. The summed E-state index contributed by atoms with van der Waals surface area (Å²) in [5, 5.41) is 10.1. The number of aryl methyl sites for hydroxylation is 1. The number of rotatable bonds is 6. The summed E-state index contributed by atoms with van der Waals surface area (Å²) in [6, 6.07) is 8.00. The lowest BCUT2D eigenvalue weighted by Gasteiger charge is -2.22. The summed E-state index contributed by atoms with van der Waals surface area (Å²) in [5.74, 6) is 1.43. The average molecular weight is 375 g/mol. The Labute approximate surface area is 159 Å². The van der Waals surface area contributed by atoms with Gasteiger partial charge in [-0.05, 0) is 31.5 Å². The zero-order valence-corrected chi connectivity index (χ0v) is 16.3. The second-order valence-electron chi connectivity index (χ2n) is 7.24. The van der Waals surface area contributed by atoms with Crippen LogP contribution >= 0.6 is 12.2 Å². The first kappa shape index (κ1) is 18.8. The molecule has 0 unspecified atom stereocenters. The lowest BCUT2D eigenvalue weighted by molar-refractivity contribution is -0.122. The lowest BCUT2D eigenvalue weighted by Crippen LogP contribution is -2.36. The second kappa shape index (κ2) is 8.14. The first-order valence-corrected chi connectivity index (χ1v) is 9.47. The van der Waals surface area contributed by atoms with Crippen molar-refractivity contribution in [3.05, 3.63) is 34.6 Å². The minimum Gasteiger partial charge on any atom is -0.378 e. The van der Waals surface area contributed by atoms with Gasteiger partial charge in [0, 0.05) is 24.6 Å². The Hall–Kier alpha value is -1.99. The van der Waals surface area contributed by atoms with E-state index >= 15 is 0 Å². The molecule has 2 atom stereocenters. The van der Waals surface area contributed by atoms with Crippen LogP contribution in [0.25, 0.3) is 11.4 Å². The van der Waals surface area contributed by atoms with Crippen molar-refractivity contribution >= 4 is 18.1 Å². The number of ether oxygens (including phenoxy) is 1. The summed E-state index contributed by atoms with van der Waals surface area (Å²) >= 11 is 5.31. The third-order valence-corrected chi connectivity index (χ3v) is 5.16. The van der Waals surface area contributed by atoms with Crippen LogP contribution < -0.4 is 5.32 Å². The third kappa shape index (κ3) is 4.22. The Morgan fingerprint density at radius 2 is 2.15 bits per heavy atom. The van der Waals surface area contributed by atoms with Crippen molar-refractivity contribution in [2.75, 3.05) is 13.2 Å². The van der Waals surface area contributed by atoms with E-state index in [0.29, 0.717) is 29.0 Å². The van der Waals surface area contributed by atoms with Crippen molar-refractivity contribution in [2.24, 2.45) is 11.8 Å². The summed E-state index contributed by atoms with van der Waals surface area (Å²) in [7, 11) is 0. The molecule has 2 aromatic rings. The number of nitrogens with one attached hydrogen (secondary N) is 2. The van der Waals surface area contributed by atoms with Gasteiger partial charge in [0.15, 0.2) is 10.6 Å². The van der Waals surface area contributed by atoms with E-state index in [2.05, 4.69) is 29.4 Å². The van der Waals surface area contributed by atoms with Crippen LogP contribution in [0.1, 0.15) is 25.8 Å². The predicted octanol–water partition coefficient (Wildman–Crippen LogP) is 3.09. The zero-order valence-electron chi connectivity index (χ0n) is 15.5. The molecule has 0 radical (unpaired) electrons. The molecule has 140 valence electrons. The number of carbonyl (C=O) groups is 1. The molecule has 7 heteroatoms. The van der Waals surface area contributed by atoms with Gasteiger partial charge in [-0.1, -0.05) is 43.7 Å². The fourth-order valence-electron chi connectivity index (χ4n) is 3.44. The number of hydrogen-bond acceptors (Lipinski definition) is 4. The maximum atomic E-state index is 12.5. The Bertz CT molecular complexity index is 810. The molecular formula is C19H26N4O2S. The molecule has 1 aliphatic rings. The molecule has 2 heterocycles. The lowest BCUT2D eigenvalue weighted by atomic mass is 9.93. The van der Waals surface area contributed by atoms with E-state index in [1.807, 2.05) is 31.2 Å². The summed E-state index contributed by atoms with van der Waals surface area (Å²) < 4.78 is 7.96. The fourth-order valence-corrected chi connectivity index (χ4v) is 3.64. The highest BCUT2D eigenvalue weighted by atomic mass is 32.1. The quantitative estimate of drug-likeness (QED) is 0.762. The van der Waals surface area contributed by atoms with Gasteiger partial charge in [-0.15, -0.1) is 0 Å². The van der Waals surface area contributed by atoms with E-state index in [9.17, 15) is 4.79 Å². The SMILES string of the molecule is Cc1ccc(-c2n[nH]c(=S)n2CC(=O)NC[C@H]2CCO[C@H]2C(C)C)cc1. The highest BCUT2D eigenvalue weighted by molar-refractivity contribution is 7.71. The van der Waals surface area contributed by atoms with E-state index in [4.69, 9.17) is 17.0 Å². The maximum absolute atomic E-state index is 12.5. The first-order chi connectivity index (χ1) is 12.5. The van der Waals surface area contributed by atoms with Crippen molar-refractivity contribution in [1.29, 1.82) is 0 Å². The molecule has 3 rings (SSSR count). The monoisotopic (exact) mass is 374 g/mol. The van der Waals surface area contributed by atoms with Gasteiger partial charge in [0.25, 0.3) is 0 Å². The molecule has 1 amide bonds. The van der Waals surface area contributed by atoms with Gasteiger partial charge in [-0.3, -0.25) is 14.5 Å². The summed E-state index contributed by atoms with van der Waals surface area (Å²) in [6.45, 7) is 7.90. The van der Waals surface area contributed by atoms with Crippen molar-refractivity contribution in [3.63, 3.8) is 0 Å². The van der Waals surface area contributed by atoms with Crippen molar-refractivity contribution in [3.8, 4) is 11.4 Å². The van der Waals surface area contributed by atoms with Crippen LogP contribution in [0.15, 0.2) is 24.3 Å². The van der Waals surface area contributed by atoms with Crippen molar-refractivity contribution in [1.82, 2.24) is 20.1 Å². The first-order valence-electron chi connectivity index (χ1n) is 9.06. The average Bonchev–Trinajstić information content (AvgIpc) is 3.22. The van der Waals surface area contributed by atoms with Crippen LogP contribution in [0, 0.1) is 23.5 Å². The van der Waals surface area contributed by atoms with Crippen LogP contribution in [0.2, 0.25) is 0 Å². The van der Waals surface area contributed by atoms with Crippen LogP contribution in [0.5, 0.6) is 0 Å². The Morgan fingerprint density at radius 3 is 2.85 bits per heavy atom. The number of aromatic nitrogens is 3. The number of aromatic amines is 1. The van der Waals surface area contributed by atoms with Crippen molar-refractivity contribution < 1.29 is 9.53 Å². The van der Waals surface area contributed by atoms with Crippen LogP contribution in [-0.2, 0) is 16.1 Å². The molecule has 1 aromatic carbocycles. The van der Waals surface area contributed by atoms with Gasteiger partial charge >= 0.3 is 0 Å². The number of benzene rings is 1. The number of H-pyrrole nitrogens is 1. The molecular weight excluding hydrogens is 348 g/mol. The Morgan fingerprint density at radius 1 is 1.42 bits per heavy atom. The largest absolute Gasteiger partial charge is 0.378 e. The molecule has 0 bridgehead atoms. The molecule has 0 spiro atoms. The van der Waals surface area contributed by atoms with Crippen LogP contribution in [-0.4, -0.2) is 39.9 Å². The minimum atomic E-state index is -0.0646. The molecule has 26 heavy (non-hydrogen) atoms. The van der Waals surface area contributed by atoms with E-state index in [0.717, 1.165) is 18.6 Å². The minimum absolute atomic E-state index is 0.0646. The van der Waals surface area contributed by atoms with Gasteiger partial charge in [0.2, 0.25) is 5.91 Å². The molecule has 0 saturated carbocycles. The van der Waals surface area contributed by atoms with Crippen molar-refractivity contribution in [2.45, 2.75) is 39.8 Å². The van der Waals surface area contributed by atoms with E-state index in [1.165, 1.54) is 5.56 Å². The highest BCUT2D eigenvalue weighted by Crippen LogP contribution is 2.26.